The van der Waals surface area contributed by atoms with E-state index in [1.165, 1.54) is 0 Å². The van der Waals surface area contributed by atoms with E-state index in [-0.39, 0.29) is 0 Å². The van der Waals surface area contributed by atoms with E-state index in [1.54, 1.807) is 7.11 Å². The monoisotopic (exact) mass is 258 g/mol. The number of ether oxygens (including phenoxy) is 2. The number of benzene rings is 2. The van der Waals surface area contributed by atoms with Gasteiger partial charge in [-0.3, -0.25) is 0 Å². The summed E-state index contributed by atoms with van der Waals surface area (Å²) in [5.74, 6) is 1.57. The van der Waals surface area contributed by atoms with Crippen LogP contribution in [0, 0.1) is 0 Å². The van der Waals surface area contributed by atoms with Gasteiger partial charge in [0.05, 0.1) is 19.8 Å². The molecule has 0 amide bonds. The van der Waals surface area contributed by atoms with Crippen molar-refractivity contribution >= 4 is 0 Å². The number of hydrogen-bond donors (Lipinski definition) is 1. The standard InChI is InChI=1S/C16H18O3/c1-18-15-9-5-6-13(12-15)16(17)10-11-19-14-7-3-2-4-8-14/h2-9,12,16-17H,10-11H2,1H3. The van der Waals surface area contributed by atoms with E-state index in [1.807, 2.05) is 54.6 Å². The second-order valence-corrected chi connectivity index (χ2v) is 4.24. The molecule has 0 bridgehead atoms. The van der Waals surface area contributed by atoms with Crippen molar-refractivity contribution in [2.45, 2.75) is 12.5 Å². The molecule has 0 aliphatic heterocycles. The number of aliphatic hydroxyl groups excluding tert-OH is 1. The summed E-state index contributed by atoms with van der Waals surface area (Å²) in [7, 11) is 1.62. The van der Waals surface area contributed by atoms with Gasteiger partial charge in [0.1, 0.15) is 11.5 Å². The van der Waals surface area contributed by atoms with Crippen molar-refractivity contribution in [1.29, 1.82) is 0 Å². The maximum Gasteiger partial charge on any atom is 0.119 e. The first kappa shape index (κ1) is 13.4. The molecule has 0 aliphatic carbocycles. The van der Waals surface area contributed by atoms with Crippen molar-refractivity contribution in [3.63, 3.8) is 0 Å². The van der Waals surface area contributed by atoms with Crippen LogP contribution in [0.4, 0.5) is 0 Å². The van der Waals surface area contributed by atoms with E-state index < -0.39 is 6.10 Å². The minimum Gasteiger partial charge on any atom is -0.497 e. The molecule has 0 saturated heterocycles. The topological polar surface area (TPSA) is 38.7 Å². The zero-order valence-corrected chi connectivity index (χ0v) is 11.0. The van der Waals surface area contributed by atoms with Gasteiger partial charge in [-0.2, -0.15) is 0 Å². The van der Waals surface area contributed by atoms with Gasteiger partial charge in [-0.15, -0.1) is 0 Å². The molecule has 0 spiro atoms. The Morgan fingerprint density at radius 2 is 1.74 bits per heavy atom. The van der Waals surface area contributed by atoms with Crippen LogP contribution >= 0.6 is 0 Å². The van der Waals surface area contributed by atoms with Crippen LogP contribution in [-0.2, 0) is 0 Å². The molecule has 100 valence electrons. The highest BCUT2D eigenvalue weighted by atomic mass is 16.5. The smallest absolute Gasteiger partial charge is 0.119 e. The maximum absolute atomic E-state index is 10.1. The molecule has 2 aromatic rings. The van der Waals surface area contributed by atoms with Gasteiger partial charge in [0.15, 0.2) is 0 Å². The Balaban J connectivity index is 1.85. The molecule has 19 heavy (non-hydrogen) atoms. The first-order chi connectivity index (χ1) is 9.29. The minimum atomic E-state index is -0.543. The summed E-state index contributed by atoms with van der Waals surface area (Å²) in [5, 5.41) is 10.1. The summed E-state index contributed by atoms with van der Waals surface area (Å²) in [6.07, 6.45) is 0.000946. The highest BCUT2D eigenvalue weighted by Gasteiger charge is 2.08. The van der Waals surface area contributed by atoms with Crippen LogP contribution in [0.15, 0.2) is 54.6 Å². The first-order valence-corrected chi connectivity index (χ1v) is 6.29. The fourth-order valence-corrected chi connectivity index (χ4v) is 1.82. The van der Waals surface area contributed by atoms with Crippen molar-refractivity contribution in [2.75, 3.05) is 13.7 Å². The molecule has 0 fully saturated rings. The number of methoxy groups -OCH3 is 1. The zero-order chi connectivity index (χ0) is 13.5. The van der Waals surface area contributed by atoms with Gasteiger partial charge in [-0.1, -0.05) is 30.3 Å². The zero-order valence-electron chi connectivity index (χ0n) is 11.0. The van der Waals surface area contributed by atoms with Gasteiger partial charge in [-0.25, -0.2) is 0 Å². The van der Waals surface area contributed by atoms with Gasteiger partial charge in [-0.05, 0) is 29.8 Å². The lowest BCUT2D eigenvalue weighted by Crippen LogP contribution is -2.05. The first-order valence-electron chi connectivity index (χ1n) is 6.29. The Hall–Kier alpha value is -2.00. The molecule has 3 heteroatoms. The Kier molecular flexibility index (Phi) is 4.81. The molecule has 1 atom stereocenters. The summed E-state index contributed by atoms with van der Waals surface area (Å²) in [6.45, 7) is 0.475. The number of aliphatic hydroxyl groups is 1. The maximum atomic E-state index is 10.1. The van der Waals surface area contributed by atoms with Crippen LogP contribution in [0.1, 0.15) is 18.1 Å². The predicted octanol–water partition coefficient (Wildman–Crippen LogP) is 3.20. The molecule has 0 heterocycles. The molecule has 2 rings (SSSR count). The Bertz CT molecular complexity index is 496. The fraction of sp³-hybridized carbons (Fsp3) is 0.250. The van der Waals surface area contributed by atoms with Crippen LogP contribution in [-0.4, -0.2) is 18.8 Å². The van der Waals surface area contributed by atoms with Gasteiger partial charge in [0.25, 0.3) is 0 Å². The van der Waals surface area contributed by atoms with E-state index >= 15 is 0 Å². The van der Waals surface area contributed by atoms with E-state index in [0.29, 0.717) is 13.0 Å². The molecule has 2 aromatic carbocycles. The van der Waals surface area contributed by atoms with Crippen LogP contribution in [0.5, 0.6) is 11.5 Å². The van der Waals surface area contributed by atoms with Gasteiger partial charge in [0.2, 0.25) is 0 Å². The summed E-state index contributed by atoms with van der Waals surface area (Å²) in [5.41, 5.74) is 0.844. The molecular weight excluding hydrogens is 240 g/mol. The molecule has 0 aliphatic rings. The van der Waals surface area contributed by atoms with Crippen molar-refractivity contribution < 1.29 is 14.6 Å². The minimum absolute atomic E-state index is 0.475. The molecular formula is C16H18O3. The number of rotatable bonds is 6. The molecule has 3 nitrogen and oxygen atoms in total. The Labute approximate surface area is 113 Å². The second-order valence-electron chi connectivity index (χ2n) is 4.24. The largest absolute Gasteiger partial charge is 0.497 e. The number of hydrogen-bond acceptors (Lipinski definition) is 3. The second kappa shape index (κ2) is 6.81. The van der Waals surface area contributed by atoms with E-state index in [0.717, 1.165) is 17.1 Å². The van der Waals surface area contributed by atoms with Gasteiger partial charge in [0, 0.05) is 6.42 Å². The van der Waals surface area contributed by atoms with Gasteiger partial charge < -0.3 is 14.6 Å². The summed E-state index contributed by atoms with van der Waals surface area (Å²) < 4.78 is 10.7. The third kappa shape index (κ3) is 4.00. The van der Waals surface area contributed by atoms with Crippen LogP contribution in [0.25, 0.3) is 0 Å². The molecule has 0 aromatic heterocycles. The van der Waals surface area contributed by atoms with Crippen LogP contribution < -0.4 is 9.47 Å². The van der Waals surface area contributed by atoms with E-state index in [4.69, 9.17) is 9.47 Å². The average molecular weight is 258 g/mol. The van der Waals surface area contributed by atoms with Gasteiger partial charge >= 0.3 is 0 Å². The highest BCUT2D eigenvalue weighted by Crippen LogP contribution is 2.21. The van der Waals surface area contributed by atoms with Crippen molar-refractivity contribution in [3.05, 3.63) is 60.2 Å². The molecule has 0 saturated carbocycles. The predicted molar refractivity (Wildman–Crippen MR) is 74.5 cm³/mol. The van der Waals surface area contributed by atoms with Crippen molar-refractivity contribution in [2.24, 2.45) is 0 Å². The Morgan fingerprint density at radius 1 is 1.00 bits per heavy atom. The lowest BCUT2D eigenvalue weighted by atomic mass is 10.1. The van der Waals surface area contributed by atoms with E-state index in [2.05, 4.69) is 0 Å². The number of para-hydroxylation sites is 1. The highest BCUT2D eigenvalue weighted by molar-refractivity contribution is 5.29. The SMILES string of the molecule is COc1cccc(C(O)CCOc2ccccc2)c1. The quantitative estimate of drug-likeness (QED) is 0.864. The third-order valence-electron chi connectivity index (χ3n) is 2.88. The Morgan fingerprint density at radius 3 is 2.47 bits per heavy atom. The third-order valence-corrected chi connectivity index (χ3v) is 2.88. The summed E-state index contributed by atoms with van der Waals surface area (Å²) in [6, 6.07) is 17.0. The van der Waals surface area contributed by atoms with Crippen molar-refractivity contribution in [3.8, 4) is 11.5 Å². The van der Waals surface area contributed by atoms with Crippen LogP contribution in [0.2, 0.25) is 0 Å². The lowest BCUT2D eigenvalue weighted by molar-refractivity contribution is 0.140. The lowest BCUT2D eigenvalue weighted by Gasteiger charge is -2.13. The fourth-order valence-electron chi connectivity index (χ4n) is 1.82. The van der Waals surface area contributed by atoms with Crippen molar-refractivity contribution in [1.82, 2.24) is 0 Å². The van der Waals surface area contributed by atoms with E-state index in [9.17, 15) is 5.11 Å². The van der Waals surface area contributed by atoms with Crippen LogP contribution in [0.3, 0.4) is 0 Å². The summed E-state index contributed by atoms with van der Waals surface area (Å²) in [4.78, 5) is 0. The summed E-state index contributed by atoms with van der Waals surface area (Å²) >= 11 is 0. The average Bonchev–Trinajstić information content (AvgIpc) is 2.48. The molecule has 1 unspecified atom stereocenters. The molecule has 0 radical (unpaired) electrons. The normalized spacial score (nSPS) is 11.9. The molecule has 1 N–H and O–H groups in total.